The second-order valence-electron chi connectivity index (χ2n) is 13.3. The number of aryl methyl sites for hydroxylation is 1. The topological polar surface area (TPSA) is 178 Å². The number of aromatic hydroxyl groups is 1. The first kappa shape index (κ1) is 40.9. The average molecular weight is 720 g/mol. The van der Waals surface area contributed by atoms with Gasteiger partial charge in [-0.05, 0) is 56.9 Å². The van der Waals surface area contributed by atoms with Crippen LogP contribution in [0.1, 0.15) is 91.0 Å². The molecule has 0 fully saturated rings. The number of carbonyl (C=O) groups is 5. The summed E-state index contributed by atoms with van der Waals surface area (Å²) in [7, 11) is 0. The molecule has 0 spiro atoms. The van der Waals surface area contributed by atoms with E-state index < -0.39 is 81.0 Å². The summed E-state index contributed by atoms with van der Waals surface area (Å²) < 4.78 is 0. The summed E-state index contributed by atoms with van der Waals surface area (Å²) in [5.41, 5.74) is -0.708. The first-order valence-corrected chi connectivity index (χ1v) is 17.1. The molecule has 0 aromatic heterocycles. The number of rotatable bonds is 0. The van der Waals surface area contributed by atoms with Crippen molar-refractivity contribution >= 4 is 40.6 Å². The molecule has 1 amide bonds. The van der Waals surface area contributed by atoms with E-state index >= 15 is 0 Å². The third-order valence-electron chi connectivity index (χ3n) is 9.11. The van der Waals surface area contributed by atoms with Crippen molar-refractivity contribution < 1.29 is 44.4 Å². The van der Waals surface area contributed by atoms with Crippen LogP contribution in [0.25, 0.3) is 0 Å². The second kappa shape index (κ2) is 17.6. The molecule has 10 nitrogen and oxygen atoms in total. The second-order valence-corrected chi connectivity index (χ2v) is 13.7. The highest BCUT2D eigenvalue weighted by Crippen LogP contribution is 2.37. The molecule has 1 aromatic rings. The summed E-state index contributed by atoms with van der Waals surface area (Å²) in [6.07, 6.45) is 11.3. The number of hydrogen-bond donors (Lipinski definition) is 5. The number of fused-ring (bicyclic) bond motifs is 18. The lowest BCUT2D eigenvalue weighted by Gasteiger charge is -2.23. The molecule has 2 heterocycles. The molecule has 0 radical (unpaired) electrons. The number of aliphatic hydroxyl groups is 3. The maximum absolute atomic E-state index is 13.8. The van der Waals surface area contributed by atoms with E-state index in [-0.39, 0.29) is 46.8 Å². The Morgan fingerprint density at radius 1 is 0.745 bits per heavy atom. The number of nitrogens with one attached hydrogen (secondary N) is 1. The van der Waals surface area contributed by atoms with Gasteiger partial charge in [0.15, 0.2) is 11.6 Å². The lowest BCUT2D eigenvalue weighted by atomic mass is 9.83. The van der Waals surface area contributed by atoms with E-state index in [4.69, 9.17) is 11.6 Å². The van der Waals surface area contributed by atoms with Gasteiger partial charge in [0.25, 0.3) is 5.91 Å². The van der Waals surface area contributed by atoms with Crippen LogP contribution in [0.4, 0.5) is 0 Å². The molecule has 1 aromatic carbocycles. The quantitative estimate of drug-likeness (QED) is 0.211. The van der Waals surface area contributed by atoms with E-state index in [0.717, 1.165) is 0 Å². The summed E-state index contributed by atoms with van der Waals surface area (Å²) in [6, 6.07) is 1.26. The smallest absolute Gasteiger partial charge is 0.251 e. The molecule has 0 saturated heterocycles. The number of allylic oxidation sites excluding steroid dienone is 8. The minimum atomic E-state index is -1.01. The van der Waals surface area contributed by atoms with Gasteiger partial charge in [-0.25, -0.2) is 0 Å². The zero-order chi connectivity index (χ0) is 38.3. The normalized spacial score (nSPS) is 31.6. The third kappa shape index (κ3) is 9.86. The number of hydrogen-bond acceptors (Lipinski definition) is 9. The van der Waals surface area contributed by atoms with E-state index in [1.807, 2.05) is 0 Å². The molecule has 5 N–H and O–H groups in total. The van der Waals surface area contributed by atoms with Crippen LogP contribution in [-0.2, 0) is 9.59 Å². The van der Waals surface area contributed by atoms with Crippen LogP contribution < -0.4 is 5.32 Å². The lowest BCUT2D eigenvalue weighted by Crippen LogP contribution is -2.34. The zero-order valence-electron chi connectivity index (χ0n) is 29.9. The van der Waals surface area contributed by atoms with E-state index in [9.17, 15) is 44.4 Å². The van der Waals surface area contributed by atoms with Gasteiger partial charge in [-0.15, -0.1) is 0 Å². The van der Waals surface area contributed by atoms with Crippen molar-refractivity contribution in [3.63, 3.8) is 0 Å². The fraction of sp³-hybridized carbons (Fsp3) is 0.375. The molecule has 4 rings (SSSR count). The molecule has 4 bridgehead atoms. The van der Waals surface area contributed by atoms with Gasteiger partial charge in [0.1, 0.15) is 16.5 Å². The molecule has 272 valence electrons. The molecular formula is C40H46ClNO9. The predicted molar refractivity (Wildman–Crippen MR) is 195 cm³/mol. The summed E-state index contributed by atoms with van der Waals surface area (Å²) in [5, 5.41) is 44.9. The fourth-order valence-electron chi connectivity index (χ4n) is 5.62. The maximum Gasteiger partial charge on any atom is 0.251 e. The highest BCUT2D eigenvalue weighted by Gasteiger charge is 2.38. The Kier molecular flexibility index (Phi) is 14.2. The Morgan fingerprint density at radius 2 is 1.41 bits per heavy atom. The first-order valence-electron chi connectivity index (χ1n) is 16.7. The number of aliphatic hydroxyl groups excluding tert-OH is 3. The average Bonchev–Trinajstić information content (AvgIpc) is 3.09. The van der Waals surface area contributed by atoms with Crippen molar-refractivity contribution in [3.05, 3.63) is 110 Å². The van der Waals surface area contributed by atoms with E-state index in [2.05, 4.69) is 5.32 Å². The van der Waals surface area contributed by atoms with E-state index in [1.165, 1.54) is 45.1 Å². The number of Topliss-reactive ketones (excluding diaryl/α,β-unsaturated/α-hetero) is 4. The van der Waals surface area contributed by atoms with Crippen molar-refractivity contribution in [3.8, 4) is 5.75 Å². The summed E-state index contributed by atoms with van der Waals surface area (Å²) in [4.78, 5) is 66.8. The van der Waals surface area contributed by atoms with E-state index in [1.54, 1.807) is 64.2 Å². The molecule has 3 aliphatic rings. The molecule has 6 atom stereocenters. The monoisotopic (exact) mass is 719 g/mol. The number of benzene rings is 1. The van der Waals surface area contributed by atoms with Gasteiger partial charge < -0.3 is 25.7 Å². The van der Waals surface area contributed by atoms with Crippen LogP contribution in [0.5, 0.6) is 5.75 Å². The van der Waals surface area contributed by atoms with Crippen molar-refractivity contribution in [2.24, 2.45) is 17.8 Å². The van der Waals surface area contributed by atoms with Crippen LogP contribution in [0.15, 0.2) is 88.2 Å². The van der Waals surface area contributed by atoms with Gasteiger partial charge in [0, 0.05) is 40.9 Å². The summed E-state index contributed by atoms with van der Waals surface area (Å²) >= 11 is 6.36. The van der Waals surface area contributed by atoms with Crippen molar-refractivity contribution in [2.75, 3.05) is 0 Å². The fourth-order valence-corrected chi connectivity index (χ4v) is 5.85. The summed E-state index contributed by atoms with van der Waals surface area (Å²) in [6.45, 7) is 11.2. The molecule has 1 aliphatic carbocycles. The Balaban J connectivity index is 2.08. The molecule has 0 saturated carbocycles. The number of phenolic OH excluding ortho intramolecular Hbond substituents is 1. The Hall–Kier alpha value is -4.48. The Labute approximate surface area is 303 Å². The molecule has 11 heteroatoms. The number of phenols is 1. The van der Waals surface area contributed by atoms with Gasteiger partial charge in [-0.1, -0.05) is 87.1 Å². The third-order valence-corrected chi connectivity index (χ3v) is 9.47. The minimum Gasteiger partial charge on any atom is -0.507 e. The number of halogens is 1. The first-order chi connectivity index (χ1) is 23.9. The Bertz CT molecular complexity index is 1820. The largest absolute Gasteiger partial charge is 0.507 e. The van der Waals surface area contributed by atoms with Crippen LogP contribution >= 0.6 is 11.6 Å². The zero-order valence-corrected chi connectivity index (χ0v) is 30.6. The van der Waals surface area contributed by atoms with E-state index in [0.29, 0.717) is 5.57 Å². The standard InChI is InChI=1S/C40H46ClNO9/c1-20-11-9-8-10-12-23(4)40(51)42-34-33(41)39(50)31-28(38(34)49)18-26(7)37(48)32(31)36(47)25(6)17-24(5)35(46)22(3)14-16-27(43)15-13-21(2)30(45)19-29(20)44/h8-14,16-18,20,22,24,27,29,35,43-44,46,48H,15,19H2,1-7H3,(H,42,51)/b10-8-,11-9+,16-14+,21-13+,23-12-,25-17+/t20-,22-,24-,27-,29-,35-/m0/s1. The highest BCUT2D eigenvalue weighted by atomic mass is 35.5. The number of carbonyl (C=O) groups excluding carboxylic acids is 5. The van der Waals surface area contributed by atoms with Gasteiger partial charge >= 0.3 is 0 Å². The number of amides is 1. The van der Waals surface area contributed by atoms with Gasteiger partial charge in [0.2, 0.25) is 11.6 Å². The van der Waals surface area contributed by atoms with Crippen molar-refractivity contribution in [1.29, 1.82) is 0 Å². The van der Waals surface area contributed by atoms with Gasteiger partial charge in [-0.3, -0.25) is 24.0 Å². The van der Waals surface area contributed by atoms with Crippen LogP contribution in [0, 0.1) is 24.7 Å². The minimum absolute atomic E-state index is 0.0812. The van der Waals surface area contributed by atoms with Crippen LogP contribution in [0.3, 0.4) is 0 Å². The predicted octanol–water partition coefficient (Wildman–Crippen LogP) is 5.69. The highest BCUT2D eigenvalue weighted by molar-refractivity contribution is 6.51. The SMILES string of the molecule is C/C1=C/C=C\C=C\[C@H](C)[C@@H](O)CC(=O)/C(C)=C/C[C@H](O)/C=C/[C@H](C)[C@H](O)[C@@H](C)/C=C(\C)C(=O)c2c(O)c(C)cc3c2C(=O)C(Cl)=C(NC1=O)C3=O. The van der Waals surface area contributed by atoms with Crippen LogP contribution in [-0.4, -0.2) is 67.8 Å². The molecule has 2 aliphatic heterocycles. The lowest BCUT2D eigenvalue weighted by molar-refractivity contribution is -0.118. The summed E-state index contributed by atoms with van der Waals surface area (Å²) in [5.74, 6) is -5.47. The Morgan fingerprint density at radius 3 is 2.08 bits per heavy atom. The van der Waals surface area contributed by atoms with Gasteiger partial charge in [-0.2, -0.15) is 0 Å². The molecule has 51 heavy (non-hydrogen) atoms. The number of ketones is 4. The van der Waals surface area contributed by atoms with Crippen molar-refractivity contribution in [1.82, 2.24) is 5.32 Å². The van der Waals surface area contributed by atoms with Gasteiger partial charge in [0.05, 0.1) is 23.9 Å². The van der Waals surface area contributed by atoms with Crippen LogP contribution in [0.2, 0.25) is 0 Å². The van der Waals surface area contributed by atoms with Crippen molar-refractivity contribution in [2.45, 2.75) is 79.6 Å². The molecular weight excluding hydrogens is 674 g/mol. The maximum atomic E-state index is 13.8. The molecule has 0 unspecified atom stereocenters.